The van der Waals surface area contributed by atoms with E-state index in [4.69, 9.17) is 15.2 Å². The van der Waals surface area contributed by atoms with Crippen molar-refractivity contribution in [1.29, 1.82) is 0 Å². The average Bonchev–Trinajstić information content (AvgIpc) is 2.53. The Balaban J connectivity index is 2.21. The highest BCUT2D eigenvalue weighted by Crippen LogP contribution is 2.43. The summed E-state index contributed by atoms with van der Waals surface area (Å²) in [6, 6.07) is 12.3. The van der Waals surface area contributed by atoms with Gasteiger partial charge in [-0.15, -0.1) is 0 Å². The summed E-state index contributed by atoms with van der Waals surface area (Å²) in [6.07, 6.45) is 0. The normalized spacial score (nSPS) is 16.5. The van der Waals surface area contributed by atoms with Crippen molar-refractivity contribution in [2.75, 3.05) is 7.11 Å². The number of methoxy groups -OCH3 is 1. The van der Waals surface area contributed by atoms with E-state index in [1.165, 1.54) is 13.2 Å². The number of carbonyl (C=O) groups excluding carboxylic acids is 1. The van der Waals surface area contributed by atoms with E-state index in [-0.39, 0.29) is 17.2 Å². The summed E-state index contributed by atoms with van der Waals surface area (Å²) in [7, 11) is 1.30. The van der Waals surface area contributed by atoms with Crippen LogP contribution in [0.3, 0.4) is 0 Å². The van der Waals surface area contributed by atoms with E-state index in [9.17, 15) is 9.90 Å². The number of hydrogen-bond donors (Lipinski definition) is 2. The molecule has 1 heterocycles. The first-order chi connectivity index (χ1) is 11.0. The van der Waals surface area contributed by atoms with Crippen molar-refractivity contribution in [3.8, 4) is 11.5 Å². The minimum absolute atomic E-state index is 0.0251. The summed E-state index contributed by atoms with van der Waals surface area (Å²) in [5.74, 6) is -0.521. The molecule has 118 valence electrons. The molecule has 3 N–H and O–H groups in total. The molecule has 0 saturated carbocycles. The molecule has 1 aliphatic heterocycles. The molecule has 0 aromatic heterocycles. The van der Waals surface area contributed by atoms with E-state index < -0.39 is 11.9 Å². The van der Waals surface area contributed by atoms with Gasteiger partial charge in [-0.3, -0.25) is 0 Å². The zero-order chi connectivity index (χ0) is 16.6. The van der Waals surface area contributed by atoms with E-state index in [2.05, 4.69) is 15.9 Å². The minimum atomic E-state index is -0.547. The maximum Gasteiger partial charge on any atom is 0.340 e. The number of hydrogen-bond acceptors (Lipinski definition) is 5. The maximum absolute atomic E-state index is 12.2. The number of fused-ring (bicyclic) bond motifs is 1. The molecule has 23 heavy (non-hydrogen) atoms. The molecule has 0 fully saturated rings. The number of phenolic OH excluding ortho intramolecular Hbond substituents is 1. The van der Waals surface area contributed by atoms with E-state index in [0.717, 1.165) is 15.6 Å². The summed E-state index contributed by atoms with van der Waals surface area (Å²) in [5, 5.41) is 9.65. The van der Waals surface area contributed by atoms with Crippen molar-refractivity contribution in [2.45, 2.75) is 5.92 Å². The standard InChI is InChI=1S/C17H14BrNO4/c1-22-17(21)15-14(9-2-4-10(18)5-3-9)12-7-6-11(20)8-13(12)23-16(15)19/h2-8,14,20H,19H2,1H3. The highest BCUT2D eigenvalue weighted by molar-refractivity contribution is 9.10. The number of esters is 1. The van der Waals surface area contributed by atoms with E-state index in [0.29, 0.717) is 5.75 Å². The van der Waals surface area contributed by atoms with Crippen molar-refractivity contribution in [2.24, 2.45) is 5.73 Å². The van der Waals surface area contributed by atoms with Crippen LogP contribution in [-0.2, 0) is 9.53 Å². The Morgan fingerprint density at radius 2 is 1.96 bits per heavy atom. The molecule has 6 heteroatoms. The molecule has 0 spiro atoms. The fourth-order valence-electron chi connectivity index (χ4n) is 2.65. The van der Waals surface area contributed by atoms with Gasteiger partial charge in [0.1, 0.15) is 17.1 Å². The first-order valence-corrected chi connectivity index (χ1v) is 7.64. The first kappa shape index (κ1) is 15.4. The molecule has 2 aromatic carbocycles. The second-order valence-corrected chi connectivity index (χ2v) is 5.99. The smallest absolute Gasteiger partial charge is 0.340 e. The Hall–Kier alpha value is -2.47. The lowest BCUT2D eigenvalue weighted by molar-refractivity contribution is -0.136. The van der Waals surface area contributed by atoms with Gasteiger partial charge in [-0.25, -0.2) is 4.79 Å². The molecule has 3 rings (SSSR count). The summed E-state index contributed by atoms with van der Waals surface area (Å²) in [6.45, 7) is 0. The first-order valence-electron chi connectivity index (χ1n) is 6.85. The molecule has 0 radical (unpaired) electrons. The highest BCUT2D eigenvalue weighted by atomic mass is 79.9. The van der Waals surface area contributed by atoms with Crippen LogP contribution >= 0.6 is 15.9 Å². The topological polar surface area (TPSA) is 81.8 Å². The molecular formula is C17H14BrNO4. The van der Waals surface area contributed by atoms with Gasteiger partial charge < -0.3 is 20.3 Å². The van der Waals surface area contributed by atoms with Crippen LogP contribution in [0.25, 0.3) is 0 Å². The van der Waals surface area contributed by atoms with Crippen LogP contribution in [0.4, 0.5) is 0 Å². The third-order valence-corrected chi connectivity index (χ3v) is 4.22. The van der Waals surface area contributed by atoms with Crippen LogP contribution in [0, 0.1) is 0 Å². The largest absolute Gasteiger partial charge is 0.508 e. The molecule has 0 bridgehead atoms. The third-order valence-electron chi connectivity index (χ3n) is 3.69. The second kappa shape index (κ2) is 5.96. The third kappa shape index (κ3) is 2.77. The Morgan fingerprint density at radius 3 is 2.61 bits per heavy atom. The molecule has 0 saturated heterocycles. The lowest BCUT2D eigenvalue weighted by Crippen LogP contribution is -2.26. The summed E-state index contributed by atoms with van der Waals surface area (Å²) in [4.78, 5) is 12.2. The van der Waals surface area contributed by atoms with Gasteiger partial charge in [0.15, 0.2) is 0 Å². The van der Waals surface area contributed by atoms with Crippen molar-refractivity contribution in [3.05, 3.63) is 69.5 Å². The van der Waals surface area contributed by atoms with Crippen molar-refractivity contribution in [1.82, 2.24) is 0 Å². The highest BCUT2D eigenvalue weighted by Gasteiger charge is 2.35. The number of benzene rings is 2. The summed E-state index contributed by atoms with van der Waals surface area (Å²) < 4.78 is 11.3. The van der Waals surface area contributed by atoms with Crippen molar-refractivity contribution in [3.63, 3.8) is 0 Å². The van der Waals surface area contributed by atoms with Crippen LogP contribution in [0.5, 0.6) is 11.5 Å². The number of aromatic hydroxyl groups is 1. The van der Waals surface area contributed by atoms with Crippen molar-refractivity contribution < 1.29 is 19.4 Å². The van der Waals surface area contributed by atoms with Gasteiger partial charge >= 0.3 is 5.97 Å². The molecule has 0 aliphatic carbocycles. The minimum Gasteiger partial charge on any atom is -0.508 e. The second-order valence-electron chi connectivity index (χ2n) is 5.08. The van der Waals surface area contributed by atoms with E-state index in [1.54, 1.807) is 12.1 Å². The van der Waals surface area contributed by atoms with Crippen molar-refractivity contribution >= 4 is 21.9 Å². The number of ether oxygens (including phenoxy) is 2. The van der Waals surface area contributed by atoms with Gasteiger partial charge in [0.25, 0.3) is 0 Å². The van der Waals surface area contributed by atoms with E-state index in [1.807, 2.05) is 24.3 Å². The predicted octanol–water partition coefficient (Wildman–Crippen LogP) is 3.02. The summed E-state index contributed by atoms with van der Waals surface area (Å²) >= 11 is 3.39. The monoisotopic (exact) mass is 375 g/mol. The maximum atomic E-state index is 12.2. The Bertz CT molecular complexity index is 799. The zero-order valence-electron chi connectivity index (χ0n) is 12.2. The zero-order valence-corrected chi connectivity index (χ0v) is 13.8. The Labute approximate surface area is 141 Å². The number of nitrogens with two attached hydrogens (primary N) is 1. The number of phenols is 1. The fourth-order valence-corrected chi connectivity index (χ4v) is 2.92. The van der Waals surface area contributed by atoms with Gasteiger partial charge in [0.2, 0.25) is 5.88 Å². The lowest BCUT2D eigenvalue weighted by Gasteiger charge is -2.28. The quantitative estimate of drug-likeness (QED) is 0.788. The van der Waals surface area contributed by atoms with Crippen LogP contribution < -0.4 is 10.5 Å². The molecule has 1 unspecified atom stereocenters. The molecular weight excluding hydrogens is 362 g/mol. The van der Waals surface area contributed by atoms with E-state index >= 15 is 0 Å². The van der Waals surface area contributed by atoms with Crippen LogP contribution in [0.15, 0.2) is 58.4 Å². The molecule has 1 atom stereocenters. The molecule has 1 aliphatic rings. The molecule has 0 amide bonds. The molecule has 2 aromatic rings. The van der Waals surface area contributed by atoms with Gasteiger partial charge in [0.05, 0.1) is 13.0 Å². The fraction of sp³-hybridized carbons (Fsp3) is 0.118. The average molecular weight is 376 g/mol. The molecule has 5 nitrogen and oxygen atoms in total. The SMILES string of the molecule is COC(=O)C1=C(N)Oc2cc(O)ccc2C1c1ccc(Br)cc1. The van der Waals surface area contributed by atoms with Gasteiger partial charge in [-0.1, -0.05) is 34.1 Å². The number of rotatable bonds is 2. The van der Waals surface area contributed by atoms with Crippen LogP contribution in [0.2, 0.25) is 0 Å². The number of halogens is 1. The Morgan fingerprint density at radius 1 is 1.26 bits per heavy atom. The number of carbonyl (C=O) groups is 1. The van der Waals surface area contributed by atoms with Crippen LogP contribution in [-0.4, -0.2) is 18.2 Å². The predicted molar refractivity (Wildman–Crippen MR) is 87.9 cm³/mol. The Kier molecular flexibility index (Phi) is 4.00. The van der Waals surface area contributed by atoms with Crippen LogP contribution in [0.1, 0.15) is 17.0 Å². The van der Waals surface area contributed by atoms with Gasteiger partial charge in [0, 0.05) is 16.1 Å². The van der Waals surface area contributed by atoms with Gasteiger partial charge in [-0.2, -0.15) is 0 Å². The summed E-state index contributed by atoms with van der Waals surface area (Å²) in [5.41, 5.74) is 7.79. The lowest BCUT2D eigenvalue weighted by atomic mass is 9.83. The van der Waals surface area contributed by atoms with Gasteiger partial charge in [-0.05, 0) is 23.8 Å².